The number of amides is 2. The fraction of sp³-hybridized carbons (Fsp3) is 0.355. The van der Waals surface area contributed by atoms with Crippen LogP contribution < -0.4 is 10.0 Å². The third kappa shape index (κ3) is 5.94. The molecule has 0 spiro atoms. The summed E-state index contributed by atoms with van der Waals surface area (Å²) in [7, 11) is -3.52. The average molecular weight is 580 g/mol. The summed E-state index contributed by atoms with van der Waals surface area (Å²) in [5.74, 6) is -1.13. The van der Waals surface area contributed by atoms with E-state index in [1.165, 1.54) is 0 Å². The lowest BCUT2D eigenvalue weighted by molar-refractivity contribution is -0.125. The summed E-state index contributed by atoms with van der Waals surface area (Å²) in [5.41, 5.74) is 2.86. The van der Waals surface area contributed by atoms with E-state index < -0.39 is 34.1 Å². The van der Waals surface area contributed by atoms with Gasteiger partial charge in [-0.2, -0.15) is 0 Å². The molecule has 0 bridgehead atoms. The summed E-state index contributed by atoms with van der Waals surface area (Å²) >= 11 is 6.24. The molecule has 1 fully saturated rings. The number of carbonyl (C=O) groups is 2. The van der Waals surface area contributed by atoms with Crippen molar-refractivity contribution >= 4 is 33.4 Å². The highest BCUT2D eigenvalue weighted by molar-refractivity contribution is 7.88. The molecule has 5 rings (SSSR count). The fourth-order valence-corrected chi connectivity index (χ4v) is 7.15. The van der Waals surface area contributed by atoms with Crippen LogP contribution in [0.1, 0.15) is 77.7 Å². The zero-order chi connectivity index (χ0) is 28.4. The zero-order valence-corrected chi connectivity index (χ0v) is 24.2. The number of hydrogen-bond acceptors (Lipinski definition) is 4. The number of sulfonamides is 1. The van der Waals surface area contributed by atoms with Crippen LogP contribution in [0.5, 0.6) is 0 Å². The number of hydrogen-bond donors (Lipinski definition) is 2. The van der Waals surface area contributed by atoms with E-state index in [0.717, 1.165) is 30.2 Å². The van der Waals surface area contributed by atoms with Crippen LogP contribution in [0.4, 0.5) is 0 Å². The summed E-state index contributed by atoms with van der Waals surface area (Å²) in [6.07, 6.45) is 4.09. The number of nitrogens with zero attached hydrogens (tertiary/aromatic N) is 1. The van der Waals surface area contributed by atoms with Crippen LogP contribution in [-0.4, -0.2) is 43.5 Å². The highest BCUT2D eigenvalue weighted by Crippen LogP contribution is 2.46. The first kappa shape index (κ1) is 28.3. The van der Waals surface area contributed by atoms with E-state index in [-0.39, 0.29) is 17.9 Å². The molecule has 1 aliphatic heterocycles. The largest absolute Gasteiger partial charge is 0.349 e. The summed E-state index contributed by atoms with van der Waals surface area (Å²) < 4.78 is 27.4. The normalized spacial score (nSPS) is 23.8. The van der Waals surface area contributed by atoms with Crippen molar-refractivity contribution in [3.05, 3.63) is 106 Å². The highest BCUT2D eigenvalue weighted by Gasteiger charge is 2.49. The Balaban J connectivity index is 1.64. The van der Waals surface area contributed by atoms with Crippen LogP contribution >= 0.6 is 11.6 Å². The van der Waals surface area contributed by atoms with Gasteiger partial charge in [0.15, 0.2) is 0 Å². The van der Waals surface area contributed by atoms with Crippen LogP contribution in [0.15, 0.2) is 78.9 Å². The third-order valence-corrected chi connectivity index (χ3v) is 8.96. The molecule has 0 unspecified atom stereocenters. The van der Waals surface area contributed by atoms with Gasteiger partial charge in [-0.05, 0) is 54.7 Å². The first-order valence-electron chi connectivity index (χ1n) is 13.6. The van der Waals surface area contributed by atoms with Gasteiger partial charge in [0.05, 0.1) is 24.3 Å². The molecular weight excluding hydrogens is 546 g/mol. The predicted molar refractivity (Wildman–Crippen MR) is 157 cm³/mol. The van der Waals surface area contributed by atoms with Gasteiger partial charge in [0, 0.05) is 22.7 Å². The summed E-state index contributed by atoms with van der Waals surface area (Å²) in [4.78, 5) is 30.3. The lowest BCUT2D eigenvalue weighted by Gasteiger charge is -2.49. The summed E-state index contributed by atoms with van der Waals surface area (Å²) in [6, 6.07) is 22.4. The average Bonchev–Trinajstić information content (AvgIpc) is 2.93. The summed E-state index contributed by atoms with van der Waals surface area (Å²) in [6.45, 7) is 1.94. The zero-order valence-electron chi connectivity index (χ0n) is 22.6. The smallest absolute Gasteiger partial charge is 0.255 e. The van der Waals surface area contributed by atoms with Crippen LogP contribution in [0.3, 0.4) is 0 Å². The Morgan fingerprint density at radius 2 is 1.60 bits per heavy atom. The van der Waals surface area contributed by atoms with Gasteiger partial charge < -0.3 is 10.2 Å². The highest BCUT2D eigenvalue weighted by atomic mass is 35.5. The maximum atomic E-state index is 14.3. The second-order valence-electron chi connectivity index (χ2n) is 10.8. The molecule has 5 atom stereocenters. The predicted octanol–water partition coefficient (Wildman–Crippen LogP) is 5.36. The number of carbonyl (C=O) groups excluding carboxylic acids is 2. The topological polar surface area (TPSA) is 95.6 Å². The number of fused-ring (bicyclic) bond motifs is 1. The van der Waals surface area contributed by atoms with Gasteiger partial charge in [-0.15, -0.1) is 0 Å². The van der Waals surface area contributed by atoms with Crippen molar-refractivity contribution in [2.75, 3.05) is 6.26 Å². The van der Waals surface area contributed by atoms with Crippen molar-refractivity contribution in [3.63, 3.8) is 0 Å². The molecule has 0 aromatic heterocycles. The molecule has 2 aliphatic rings. The van der Waals surface area contributed by atoms with Gasteiger partial charge in [-0.1, -0.05) is 85.1 Å². The first-order valence-corrected chi connectivity index (χ1v) is 15.9. The molecule has 0 radical (unpaired) electrons. The summed E-state index contributed by atoms with van der Waals surface area (Å²) in [5, 5.41) is 3.74. The molecule has 2 amide bonds. The van der Waals surface area contributed by atoms with E-state index in [9.17, 15) is 18.0 Å². The Labute approximate surface area is 241 Å². The standard InChI is InChI=1S/C31H34ClN3O4S/c1-20(21-10-4-3-5-11-21)33-30(36)28-24-12-6-7-13-25(24)31(37)35(29(28)22-16-18-23(32)19-17-22)27-15-9-8-14-26(27)34-40(2,38)39/h3-7,10-13,16-20,26-29,34H,8-9,14-15H2,1-2H3,(H,33,36)/t20-,26+,27+,28-,29+/m1/s1. The maximum absolute atomic E-state index is 14.3. The minimum Gasteiger partial charge on any atom is -0.349 e. The Hall–Kier alpha value is -3.20. The molecule has 7 nitrogen and oxygen atoms in total. The Morgan fingerprint density at radius 1 is 0.950 bits per heavy atom. The molecule has 9 heteroatoms. The molecule has 2 N–H and O–H groups in total. The van der Waals surface area contributed by atoms with Gasteiger partial charge >= 0.3 is 0 Å². The molecule has 1 saturated carbocycles. The second-order valence-corrected chi connectivity index (χ2v) is 13.0. The second kappa shape index (κ2) is 11.7. The molecule has 210 valence electrons. The molecule has 1 heterocycles. The van der Waals surface area contributed by atoms with Gasteiger partial charge in [-0.25, -0.2) is 13.1 Å². The quantitative estimate of drug-likeness (QED) is 0.394. The van der Waals surface area contributed by atoms with E-state index in [2.05, 4.69) is 10.0 Å². The molecule has 0 saturated heterocycles. The Kier molecular flexibility index (Phi) is 8.31. The van der Waals surface area contributed by atoms with Crippen LogP contribution in [0.25, 0.3) is 0 Å². The van der Waals surface area contributed by atoms with Gasteiger partial charge in [0.2, 0.25) is 15.9 Å². The number of benzene rings is 3. The van der Waals surface area contributed by atoms with E-state index in [0.29, 0.717) is 29.0 Å². The third-order valence-electron chi connectivity index (χ3n) is 7.98. The monoisotopic (exact) mass is 579 g/mol. The van der Waals surface area contributed by atoms with Crippen LogP contribution in [0, 0.1) is 0 Å². The van der Waals surface area contributed by atoms with Gasteiger partial charge in [0.25, 0.3) is 5.91 Å². The minimum absolute atomic E-state index is 0.204. The lowest BCUT2D eigenvalue weighted by Crippen LogP contribution is -2.59. The lowest BCUT2D eigenvalue weighted by atomic mass is 9.76. The van der Waals surface area contributed by atoms with Crippen molar-refractivity contribution < 1.29 is 18.0 Å². The number of halogens is 1. The van der Waals surface area contributed by atoms with Gasteiger partial charge in [-0.3, -0.25) is 9.59 Å². The molecule has 3 aromatic carbocycles. The van der Waals surface area contributed by atoms with Crippen LogP contribution in [0.2, 0.25) is 5.02 Å². The molecule has 3 aromatic rings. The van der Waals surface area contributed by atoms with E-state index in [1.54, 1.807) is 29.2 Å². The van der Waals surface area contributed by atoms with Crippen molar-refractivity contribution in [2.45, 2.75) is 62.7 Å². The molecular formula is C31H34ClN3O4S. The van der Waals surface area contributed by atoms with E-state index in [1.807, 2.05) is 61.5 Å². The SMILES string of the molecule is C[C@@H](NC(=O)[C@@H]1c2ccccc2C(=O)N([C@H]2CCCC[C@@H]2NS(C)(=O)=O)[C@H]1c1ccc(Cl)cc1)c1ccccc1. The van der Waals surface area contributed by atoms with Gasteiger partial charge in [0.1, 0.15) is 0 Å². The van der Waals surface area contributed by atoms with Crippen molar-refractivity contribution in [1.29, 1.82) is 0 Å². The van der Waals surface area contributed by atoms with Crippen molar-refractivity contribution in [1.82, 2.24) is 14.9 Å². The van der Waals surface area contributed by atoms with Crippen LogP contribution in [-0.2, 0) is 14.8 Å². The number of rotatable bonds is 7. The van der Waals surface area contributed by atoms with Crippen molar-refractivity contribution in [3.8, 4) is 0 Å². The Bertz CT molecular complexity index is 1480. The molecule has 40 heavy (non-hydrogen) atoms. The Morgan fingerprint density at radius 3 is 2.30 bits per heavy atom. The molecule has 1 aliphatic carbocycles. The van der Waals surface area contributed by atoms with E-state index in [4.69, 9.17) is 11.6 Å². The minimum atomic E-state index is -3.52. The van der Waals surface area contributed by atoms with Crippen molar-refractivity contribution in [2.24, 2.45) is 0 Å². The van der Waals surface area contributed by atoms with E-state index >= 15 is 0 Å². The fourth-order valence-electron chi connectivity index (χ4n) is 6.20. The maximum Gasteiger partial charge on any atom is 0.255 e. The first-order chi connectivity index (χ1) is 19.1. The number of nitrogens with one attached hydrogen (secondary N) is 2.